The molecule has 2 aromatic carbocycles. The number of likely N-dealkylation sites (tertiary alicyclic amines) is 1. The maximum atomic E-state index is 12.4. The minimum absolute atomic E-state index is 0.0336. The monoisotopic (exact) mass is 360 g/mol. The molecule has 3 aromatic rings. The fraction of sp³-hybridized carbons (Fsp3) is 0.318. The molecular weight excluding hydrogens is 336 g/mol. The van der Waals surface area contributed by atoms with E-state index in [1.54, 1.807) is 6.20 Å². The Hall–Kier alpha value is -2.79. The summed E-state index contributed by atoms with van der Waals surface area (Å²) in [6.07, 6.45) is 4.12. The molecule has 0 bridgehead atoms. The fourth-order valence-corrected chi connectivity index (χ4v) is 3.48. The van der Waals surface area contributed by atoms with Gasteiger partial charge in [0.15, 0.2) is 0 Å². The molecule has 27 heavy (non-hydrogen) atoms. The van der Waals surface area contributed by atoms with Gasteiger partial charge in [0.25, 0.3) is 0 Å². The van der Waals surface area contributed by atoms with E-state index < -0.39 is 0 Å². The van der Waals surface area contributed by atoms with E-state index >= 15 is 0 Å². The first kappa shape index (κ1) is 17.6. The minimum Gasteiger partial charge on any atom is -0.325 e. The number of benzene rings is 2. The normalized spacial score (nSPS) is 15.7. The third-order valence-corrected chi connectivity index (χ3v) is 5.13. The van der Waals surface area contributed by atoms with Crippen molar-refractivity contribution in [2.75, 3.05) is 25.0 Å². The number of aromatic nitrogens is 2. The molecule has 0 unspecified atom stereocenters. The summed E-state index contributed by atoms with van der Waals surface area (Å²) in [5.41, 5.74) is 4.27. The van der Waals surface area contributed by atoms with Crippen molar-refractivity contribution in [1.82, 2.24) is 14.9 Å². The van der Waals surface area contributed by atoms with Gasteiger partial charge in [-0.3, -0.25) is 14.7 Å². The van der Waals surface area contributed by atoms with Gasteiger partial charge in [-0.2, -0.15) is 0 Å². The van der Waals surface area contributed by atoms with Crippen LogP contribution in [0.25, 0.3) is 22.3 Å². The van der Waals surface area contributed by atoms with Gasteiger partial charge in [-0.05, 0) is 56.1 Å². The van der Waals surface area contributed by atoms with E-state index in [0.717, 1.165) is 47.0 Å². The van der Waals surface area contributed by atoms with Gasteiger partial charge in [-0.15, -0.1) is 0 Å². The van der Waals surface area contributed by atoms with Crippen LogP contribution >= 0.6 is 0 Å². The molecule has 4 rings (SSSR count). The maximum absolute atomic E-state index is 12.4. The number of hydrogen-bond acceptors (Lipinski definition) is 4. The second-order valence-electron chi connectivity index (χ2n) is 7.33. The molecule has 0 aliphatic carbocycles. The zero-order valence-electron chi connectivity index (χ0n) is 15.6. The van der Waals surface area contributed by atoms with Crippen molar-refractivity contribution in [2.45, 2.75) is 19.8 Å². The van der Waals surface area contributed by atoms with Crippen LogP contribution in [0.5, 0.6) is 0 Å². The van der Waals surface area contributed by atoms with Crippen LogP contribution in [0.15, 0.2) is 54.7 Å². The largest absolute Gasteiger partial charge is 0.325 e. The number of para-hydroxylation sites is 2. The summed E-state index contributed by atoms with van der Waals surface area (Å²) in [5.74, 6) is 0.801. The summed E-state index contributed by atoms with van der Waals surface area (Å²) < 4.78 is 0. The molecule has 2 heterocycles. The lowest BCUT2D eigenvalue weighted by Crippen LogP contribution is -2.38. The van der Waals surface area contributed by atoms with Gasteiger partial charge < -0.3 is 5.32 Å². The highest BCUT2D eigenvalue weighted by atomic mass is 16.2. The third-order valence-electron chi connectivity index (χ3n) is 5.13. The minimum atomic E-state index is 0.0336. The average Bonchev–Trinajstić information content (AvgIpc) is 2.69. The van der Waals surface area contributed by atoms with Crippen LogP contribution in [0, 0.1) is 5.92 Å². The van der Waals surface area contributed by atoms with Crippen LogP contribution < -0.4 is 5.32 Å². The molecule has 1 N–H and O–H groups in total. The van der Waals surface area contributed by atoms with Gasteiger partial charge >= 0.3 is 0 Å². The van der Waals surface area contributed by atoms with E-state index in [2.05, 4.69) is 27.1 Å². The third kappa shape index (κ3) is 4.31. The predicted octanol–water partition coefficient (Wildman–Crippen LogP) is 3.97. The molecule has 0 radical (unpaired) electrons. The Labute approximate surface area is 159 Å². The number of anilines is 1. The number of carbonyl (C=O) groups excluding carboxylic acids is 1. The summed E-state index contributed by atoms with van der Waals surface area (Å²) in [6, 6.07) is 15.6. The summed E-state index contributed by atoms with van der Waals surface area (Å²) >= 11 is 0. The second kappa shape index (κ2) is 7.84. The number of rotatable bonds is 4. The first-order valence-electron chi connectivity index (χ1n) is 9.52. The van der Waals surface area contributed by atoms with Crippen molar-refractivity contribution < 1.29 is 4.79 Å². The first-order valence-corrected chi connectivity index (χ1v) is 9.52. The molecule has 0 atom stereocenters. The van der Waals surface area contributed by atoms with Gasteiger partial charge in [0.1, 0.15) is 0 Å². The highest BCUT2D eigenvalue weighted by Crippen LogP contribution is 2.22. The molecule has 5 heteroatoms. The molecule has 5 nitrogen and oxygen atoms in total. The van der Waals surface area contributed by atoms with E-state index in [9.17, 15) is 4.79 Å². The Morgan fingerprint density at radius 1 is 1.11 bits per heavy atom. The molecule has 1 fully saturated rings. The number of hydrogen-bond donors (Lipinski definition) is 1. The fourth-order valence-electron chi connectivity index (χ4n) is 3.48. The lowest BCUT2D eigenvalue weighted by atomic mass is 9.99. The van der Waals surface area contributed by atoms with Crippen molar-refractivity contribution in [3.63, 3.8) is 0 Å². The second-order valence-corrected chi connectivity index (χ2v) is 7.33. The molecule has 1 saturated heterocycles. The van der Waals surface area contributed by atoms with Crippen molar-refractivity contribution in [1.29, 1.82) is 0 Å². The highest BCUT2D eigenvalue weighted by Gasteiger charge is 2.18. The van der Waals surface area contributed by atoms with Crippen molar-refractivity contribution in [3.8, 4) is 11.3 Å². The van der Waals surface area contributed by atoms with Gasteiger partial charge in [-0.25, -0.2) is 4.98 Å². The van der Waals surface area contributed by atoms with Gasteiger partial charge in [-0.1, -0.05) is 31.2 Å². The number of carbonyl (C=O) groups is 1. The Morgan fingerprint density at radius 3 is 2.70 bits per heavy atom. The lowest BCUT2D eigenvalue weighted by Gasteiger charge is -2.29. The zero-order valence-corrected chi connectivity index (χ0v) is 15.6. The topological polar surface area (TPSA) is 58.1 Å². The summed E-state index contributed by atoms with van der Waals surface area (Å²) in [4.78, 5) is 23.8. The Morgan fingerprint density at radius 2 is 1.89 bits per heavy atom. The molecule has 1 aliphatic heterocycles. The molecule has 138 valence electrons. The smallest absolute Gasteiger partial charge is 0.238 e. The van der Waals surface area contributed by atoms with Gasteiger partial charge in [0.2, 0.25) is 5.91 Å². The maximum Gasteiger partial charge on any atom is 0.238 e. The highest BCUT2D eigenvalue weighted by molar-refractivity contribution is 5.93. The molecule has 1 aromatic heterocycles. The lowest BCUT2D eigenvalue weighted by molar-refractivity contribution is -0.117. The Bertz CT molecular complexity index is 948. The van der Waals surface area contributed by atoms with Crippen LogP contribution in [0.1, 0.15) is 19.8 Å². The van der Waals surface area contributed by atoms with Crippen LogP contribution in [0.2, 0.25) is 0 Å². The average molecular weight is 360 g/mol. The number of piperidine rings is 1. The van der Waals surface area contributed by atoms with Crippen LogP contribution in [-0.2, 0) is 4.79 Å². The van der Waals surface area contributed by atoms with Crippen molar-refractivity contribution >= 4 is 22.6 Å². The summed E-state index contributed by atoms with van der Waals surface area (Å²) in [6.45, 7) is 4.73. The van der Waals surface area contributed by atoms with E-state index in [-0.39, 0.29) is 5.91 Å². The van der Waals surface area contributed by atoms with Gasteiger partial charge in [0, 0.05) is 11.3 Å². The van der Waals surface area contributed by atoms with E-state index in [1.807, 2.05) is 48.5 Å². The van der Waals surface area contributed by atoms with Crippen LogP contribution in [-0.4, -0.2) is 40.4 Å². The molecule has 1 amide bonds. The van der Waals surface area contributed by atoms with E-state index in [0.29, 0.717) is 6.54 Å². The Kier molecular flexibility index (Phi) is 5.12. The van der Waals surface area contributed by atoms with Crippen molar-refractivity contribution in [3.05, 3.63) is 54.7 Å². The molecular formula is C22H24N4O. The molecule has 0 spiro atoms. The zero-order chi connectivity index (χ0) is 18.6. The number of fused-ring (bicyclic) bond motifs is 1. The number of nitrogens with zero attached hydrogens (tertiary/aromatic N) is 3. The van der Waals surface area contributed by atoms with E-state index in [4.69, 9.17) is 0 Å². The quantitative estimate of drug-likeness (QED) is 0.765. The first-order chi connectivity index (χ1) is 13.2. The number of amides is 1. The molecule has 0 saturated carbocycles. The van der Waals surface area contributed by atoms with Crippen LogP contribution in [0.4, 0.5) is 5.69 Å². The van der Waals surface area contributed by atoms with Gasteiger partial charge in [0.05, 0.1) is 29.5 Å². The van der Waals surface area contributed by atoms with Crippen molar-refractivity contribution in [2.24, 2.45) is 5.92 Å². The standard InChI is InChI=1S/C22H24N4O/c1-16-9-11-26(12-10-16)15-22(27)24-18-6-4-5-17(13-18)21-14-23-19-7-2-3-8-20(19)25-21/h2-8,13-14,16H,9-12,15H2,1H3,(H,24,27). The summed E-state index contributed by atoms with van der Waals surface area (Å²) in [5, 5.41) is 3.02. The number of nitrogens with one attached hydrogen (secondary N) is 1. The SMILES string of the molecule is CC1CCN(CC(=O)Nc2cccc(-c3cnc4ccccc4n3)c2)CC1. The molecule has 1 aliphatic rings. The van der Waals surface area contributed by atoms with Crippen LogP contribution in [0.3, 0.4) is 0 Å². The Balaban J connectivity index is 1.46. The van der Waals surface area contributed by atoms with E-state index in [1.165, 1.54) is 12.8 Å². The summed E-state index contributed by atoms with van der Waals surface area (Å²) in [7, 11) is 0. The predicted molar refractivity (Wildman–Crippen MR) is 108 cm³/mol.